The van der Waals surface area contributed by atoms with Crippen LogP contribution in [0, 0.1) is 13.8 Å². The Morgan fingerprint density at radius 1 is 1.35 bits per heavy atom. The van der Waals surface area contributed by atoms with E-state index in [9.17, 15) is 14.7 Å². The second kappa shape index (κ2) is 6.97. The van der Waals surface area contributed by atoms with Gasteiger partial charge in [-0.15, -0.1) is 11.3 Å². The molecule has 0 saturated carbocycles. The highest BCUT2D eigenvalue weighted by atomic mass is 32.1. The molecule has 2 aromatic rings. The fourth-order valence-electron chi connectivity index (χ4n) is 2.25. The first-order chi connectivity index (χ1) is 10.8. The molecule has 0 spiro atoms. The molecule has 0 aliphatic rings. The van der Waals surface area contributed by atoms with Crippen molar-refractivity contribution in [3.63, 3.8) is 0 Å². The van der Waals surface area contributed by atoms with Gasteiger partial charge in [0.25, 0.3) is 5.91 Å². The van der Waals surface area contributed by atoms with E-state index in [2.05, 4.69) is 10.6 Å². The van der Waals surface area contributed by atoms with Gasteiger partial charge in [0.05, 0.1) is 18.0 Å². The fourth-order valence-corrected chi connectivity index (χ4v) is 2.89. The summed E-state index contributed by atoms with van der Waals surface area (Å²) in [7, 11) is 0. The van der Waals surface area contributed by atoms with E-state index in [-0.39, 0.29) is 24.9 Å². The van der Waals surface area contributed by atoms with E-state index in [4.69, 9.17) is 4.42 Å². The first-order valence-electron chi connectivity index (χ1n) is 7.18. The van der Waals surface area contributed by atoms with Gasteiger partial charge < -0.3 is 20.2 Å². The van der Waals surface area contributed by atoms with Crippen molar-refractivity contribution in [3.05, 3.63) is 45.5 Å². The Morgan fingerprint density at radius 2 is 2.09 bits per heavy atom. The van der Waals surface area contributed by atoms with Crippen LogP contribution in [0.4, 0.5) is 0 Å². The van der Waals surface area contributed by atoms with E-state index >= 15 is 0 Å². The van der Waals surface area contributed by atoms with Gasteiger partial charge in [-0.25, -0.2) is 0 Å². The summed E-state index contributed by atoms with van der Waals surface area (Å²) in [5.74, 6) is 0.663. The summed E-state index contributed by atoms with van der Waals surface area (Å²) in [6.07, 6.45) is 0. The molecule has 0 unspecified atom stereocenters. The van der Waals surface area contributed by atoms with Gasteiger partial charge in [-0.1, -0.05) is 6.07 Å². The minimum Gasteiger partial charge on any atom is -0.466 e. The standard InChI is InChI=1S/C16H20N2O4S/c1-10-7-12(11(2)22-10)16(3,21)9-18-14(19)8-17-15(20)13-5-4-6-23-13/h4-7,21H,8-9H2,1-3H3,(H,17,20)(H,18,19)/t16-/m0/s1. The molecule has 0 aliphatic carbocycles. The molecule has 0 radical (unpaired) electrons. The van der Waals surface area contributed by atoms with Crippen LogP contribution >= 0.6 is 11.3 Å². The van der Waals surface area contributed by atoms with E-state index in [1.54, 1.807) is 44.4 Å². The zero-order valence-electron chi connectivity index (χ0n) is 13.3. The molecule has 0 aromatic carbocycles. The van der Waals surface area contributed by atoms with Gasteiger partial charge in [0.2, 0.25) is 5.91 Å². The quantitative estimate of drug-likeness (QED) is 0.749. The van der Waals surface area contributed by atoms with Crippen LogP contribution < -0.4 is 10.6 Å². The molecule has 0 fully saturated rings. The third-order valence-corrected chi connectivity index (χ3v) is 4.27. The average Bonchev–Trinajstić information content (AvgIpc) is 3.12. The van der Waals surface area contributed by atoms with Gasteiger partial charge in [-0.3, -0.25) is 9.59 Å². The summed E-state index contributed by atoms with van der Waals surface area (Å²) in [6.45, 7) is 5.05. The molecule has 2 aromatic heterocycles. The van der Waals surface area contributed by atoms with Crippen LogP contribution in [0.3, 0.4) is 0 Å². The third kappa shape index (κ3) is 4.43. The zero-order valence-corrected chi connectivity index (χ0v) is 14.1. The van der Waals surface area contributed by atoms with Crippen molar-refractivity contribution in [2.75, 3.05) is 13.1 Å². The van der Waals surface area contributed by atoms with Crippen LogP contribution in [-0.2, 0) is 10.4 Å². The van der Waals surface area contributed by atoms with E-state index in [1.165, 1.54) is 11.3 Å². The summed E-state index contributed by atoms with van der Waals surface area (Å²) in [5.41, 5.74) is -0.604. The van der Waals surface area contributed by atoms with Crippen molar-refractivity contribution in [1.29, 1.82) is 0 Å². The smallest absolute Gasteiger partial charge is 0.261 e. The van der Waals surface area contributed by atoms with E-state index in [0.29, 0.717) is 22.0 Å². The molecule has 7 heteroatoms. The number of aryl methyl sites for hydroxylation is 2. The maximum Gasteiger partial charge on any atom is 0.261 e. The second-order valence-corrected chi connectivity index (χ2v) is 6.49. The number of thiophene rings is 1. The van der Waals surface area contributed by atoms with Crippen molar-refractivity contribution in [1.82, 2.24) is 10.6 Å². The summed E-state index contributed by atoms with van der Waals surface area (Å²) in [6, 6.07) is 5.21. The topological polar surface area (TPSA) is 91.6 Å². The number of carbonyl (C=O) groups is 2. The Labute approximate surface area is 138 Å². The molecular weight excluding hydrogens is 316 g/mol. The minimum atomic E-state index is -1.24. The highest BCUT2D eigenvalue weighted by Crippen LogP contribution is 2.26. The van der Waals surface area contributed by atoms with Crippen LogP contribution in [0.25, 0.3) is 0 Å². The van der Waals surface area contributed by atoms with Crippen LogP contribution in [-0.4, -0.2) is 30.0 Å². The van der Waals surface area contributed by atoms with Crippen molar-refractivity contribution in [2.45, 2.75) is 26.4 Å². The number of rotatable bonds is 6. The number of furan rings is 1. The molecule has 0 saturated heterocycles. The summed E-state index contributed by atoms with van der Waals surface area (Å²) in [4.78, 5) is 24.1. The van der Waals surface area contributed by atoms with Crippen LogP contribution in [0.5, 0.6) is 0 Å². The second-order valence-electron chi connectivity index (χ2n) is 5.54. The zero-order chi connectivity index (χ0) is 17.0. The van der Waals surface area contributed by atoms with Crippen LogP contribution in [0.2, 0.25) is 0 Å². The molecule has 2 rings (SSSR count). The van der Waals surface area contributed by atoms with E-state index in [1.807, 2.05) is 0 Å². The van der Waals surface area contributed by atoms with Gasteiger partial charge in [-0.05, 0) is 38.3 Å². The molecule has 2 amide bonds. The number of aliphatic hydroxyl groups is 1. The molecular formula is C16H20N2O4S. The molecule has 0 bridgehead atoms. The Kier molecular flexibility index (Phi) is 5.23. The SMILES string of the molecule is Cc1cc([C@@](C)(O)CNC(=O)CNC(=O)c2cccs2)c(C)o1. The molecule has 23 heavy (non-hydrogen) atoms. The highest BCUT2D eigenvalue weighted by Gasteiger charge is 2.28. The number of nitrogens with one attached hydrogen (secondary N) is 2. The molecule has 3 N–H and O–H groups in total. The van der Waals surface area contributed by atoms with Crippen molar-refractivity contribution < 1.29 is 19.1 Å². The summed E-state index contributed by atoms with van der Waals surface area (Å²) in [5, 5.41) is 17.4. The lowest BCUT2D eigenvalue weighted by Gasteiger charge is -2.23. The number of carbonyl (C=O) groups excluding carboxylic acids is 2. The lowest BCUT2D eigenvalue weighted by Crippen LogP contribution is -2.43. The first-order valence-corrected chi connectivity index (χ1v) is 8.06. The summed E-state index contributed by atoms with van der Waals surface area (Å²) < 4.78 is 5.40. The van der Waals surface area contributed by atoms with E-state index in [0.717, 1.165) is 0 Å². The Balaban J connectivity index is 1.84. The minimum absolute atomic E-state index is 0.0283. The maximum atomic E-state index is 11.8. The molecule has 6 nitrogen and oxygen atoms in total. The van der Waals surface area contributed by atoms with Crippen LogP contribution in [0.15, 0.2) is 28.0 Å². The Bertz CT molecular complexity index is 689. The monoisotopic (exact) mass is 336 g/mol. The summed E-state index contributed by atoms with van der Waals surface area (Å²) >= 11 is 1.31. The van der Waals surface area contributed by atoms with Crippen molar-refractivity contribution in [2.24, 2.45) is 0 Å². The predicted molar refractivity (Wildman–Crippen MR) is 87.4 cm³/mol. The number of hydrogen-bond acceptors (Lipinski definition) is 5. The maximum absolute atomic E-state index is 11.8. The third-order valence-electron chi connectivity index (χ3n) is 3.41. The van der Waals surface area contributed by atoms with Crippen molar-refractivity contribution in [3.8, 4) is 0 Å². The Hall–Kier alpha value is -2.12. The Morgan fingerprint density at radius 3 is 2.65 bits per heavy atom. The van der Waals surface area contributed by atoms with Gasteiger partial charge in [0.15, 0.2) is 0 Å². The molecule has 2 heterocycles. The number of hydrogen-bond donors (Lipinski definition) is 3. The predicted octanol–water partition coefficient (Wildman–Crippen LogP) is 1.71. The van der Waals surface area contributed by atoms with E-state index < -0.39 is 5.60 Å². The largest absolute Gasteiger partial charge is 0.466 e. The lowest BCUT2D eigenvalue weighted by molar-refractivity contribution is -0.121. The van der Waals surface area contributed by atoms with Gasteiger partial charge in [0.1, 0.15) is 17.1 Å². The average molecular weight is 336 g/mol. The number of amides is 2. The normalized spacial score (nSPS) is 13.4. The molecule has 1 atom stereocenters. The molecule has 0 aliphatic heterocycles. The lowest BCUT2D eigenvalue weighted by atomic mass is 9.96. The van der Waals surface area contributed by atoms with Gasteiger partial charge in [0, 0.05) is 5.56 Å². The van der Waals surface area contributed by atoms with Crippen LogP contribution in [0.1, 0.15) is 33.7 Å². The first kappa shape index (κ1) is 17.2. The van der Waals surface area contributed by atoms with Gasteiger partial charge >= 0.3 is 0 Å². The highest BCUT2D eigenvalue weighted by molar-refractivity contribution is 7.12. The van der Waals surface area contributed by atoms with Gasteiger partial charge in [-0.2, -0.15) is 0 Å². The fraction of sp³-hybridized carbons (Fsp3) is 0.375. The molecule has 124 valence electrons. The van der Waals surface area contributed by atoms with Crippen molar-refractivity contribution >= 4 is 23.2 Å².